The van der Waals surface area contributed by atoms with E-state index in [0.29, 0.717) is 24.9 Å². The van der Waals surface area contributed by atoms with E-state index in [1.807, 2.05) is 17.9 Å². The van der Waals surface area contributed by atoms with Crippen molar-refractivity contribution in [3.8, 4) is 0 Å². The minimum absolute atomic E-state index is 0.0171. The van der Waals surface area contributed by atoms with Crippen molar-refractivity contribution in [1.29, 1.82) is 0 Å². The van der Waals surface area contributed by atoms with Crippen molar-refractivity contribution in [3.63, 3.8) is 0 Å². The molecular weight excluding hydrogens is 358 g/mol. The van der Waals surface area contributed by atoms with Gasteiger partial charge in [0.15, 0.2) is 0 Å². The van der Waals surface area contributed by atoms with Crippen LogP contribution in [0.4, 0.5) is 0 Å². The number of piperidine rings is 2. The summed E-state index contributed by atoms with van der Waals surface area (Å²) in [5, 5.41) is 10.0. The van der Waals surface area contributed by atoms with Crippen LogP contribution in [0, 0.1) is 5.92 Å². The topological polar surface area (TPSA) is 90.6 Å². The van der Waals surface area contributed by atoms with E-state index in [0.717, 1.165) is 64.0 Å². The summed E-state index contributed by atoms with van der Waals surface area (Å²) in [4.78, 5) is 29.4. The van der Waals surface area contributed by atoms with Gasteiger partial charge in [0, 0.05) is 45.0 Å². The first-order chi connectivity index (χ1) is 13.6. The molecule has 2 fully saturated rings. The third kappa shape index (κ3) is 5.11. The molecule has 2 N–H and O–H groups in total. The minimum atomic E-state index is 0.0171. The molecule has 3 heterocycles. The second-order valence-electron chi connectivity index (χ2n) is 7.77. The first kappa shape index (κ1) is 20.8. The van der Waals surface area contributed by atoms with Gasteiger partial charge in [-0.25, -0.2) is 0 Å². The van der Waals surface area contributed by atoms with Crippen molar-refractivity contribution in [2.45, 2.75) is 45.1 Å². The first-order valence-corrected chi connectivity index (χ1v) is 10.5. The Morgan fingerprint density at radius 1 is 1.29 bits per heavy atom. The van der Waals surface area contributed by atoms with E-state index in [2.05, 4.69) is 20.4 Å². The molecule has 1 aromatic rings. The van der Waals surface area contributed by atoms with Crippen molar-refractivity contribution in [3.05, 3.63) is 17.5 Å². The number of carbonyl (C=O) groups is 2. The number of H-pyrrole nitrogens is 1. The summed E-state index contributed by atoms with van der Waals surface area (Å²) >= 11 is 0. The van der Waals surface area contributed by atoms with E-state index < -0.39 is 0 Å². The third-order valence-corrected chi connectivity index (χ3v) is 5.93. The number of hydrogen-bond acceptors (Lipinski definition) is 5. The standard InChI is InChI=1S/C20H33N5O3/c1-3-16-13-18(23-22-16)20(27)24-10-6-17(7-11-24)25-9-4-5-15(14-25)19(26)21-8-12-28-2/h13,15,17H,3-12,14H2,1-2H3,(H,21,26)(H,22,23)/t15-/m1/s1. The number of aryl methyl sites for hydroxylation is 1. The summed E-state index contributed by atoms with van der Waals surface area (Å²) in [6, 6.07) is 2.30. The monoisotopic (exact) mass is 391 g/mol. The molecule has 1 aromatic heterocycles. The lowest BCUT2D eigenvalue weighted by Crippen LogP contribution is -2.51. The van der Waals surface area contributed by atoms with Crippen LogP contribution >= 0.6 is 0 Å². The molecule has 2 aliphatic heterocycles. The molecule has 3 rings (SSSR count). The number of likely N-dealkylation sites (tertiary alicyclic amines) is 2. The fourth-order valence-corrected chi connectivity index (χ4v) is 4.22. The highest BCUT2D eigenvalue weighted by Gasteiger charge is 2.33. The fraction of sp³-hybridized carbons (Fsp3) is 0.750. The van der Waals surface area contributed by atoms with Gasteiger partial charge in [-0.2, -0.15) is 5.10 Å². The highest BCUT2D eigenvalue weighted by atomic mass is 16.5. The zero-order chi connectivity index (χ0) is 19.9. The van der Waals surface area contributed by atoms with Gasteiger partial charge in [0.1, 0.15) is 5.69 Å². The van der Waals surface area contributed by atoms with Gasteiger partial charge in [-0.05, 0) is 44.7 Å². The van der Waals surface area contributed by atoms with Gasteiger partial charge in [-0.3, -0.25) is 19.6 Å². The molecule has 0 bridgehead atoms. The Kier molecular flexibility index (Phi) is 7.44. The molecule has 0 radical (unpaired) electrons. The molecule has 0 spiro atoms. The Bertz CT molecular complexity index is 654. The summed E-state index contributed by atoms with van der Waals surface area (Å²) in [6.07, 6.45) is 4.75. The molecule has 0 aliphatic carbocycles. The van der Waals surface area contributed by atoms with Gasteiger partial charge in [0.25, 0.3) is 5.91 Å². The smallest absolute Gasteiger partial charge is 0.274 e. The van der Waals surface area contributed by atoms with Crippen LogP contribution in [0.5, 0.6) is 0 Å². The Balaban J connectivity index is 1.47. The number of aromatic amines is 1. The number of hydrogen-bond donors (Lipinski definition) is 2. The van der Waals surface area contributed by atoms with E-state index in [9.17, 15) is 9.59 Å². The molecule has 8 heteroatoms. The van der Waals surface area contributed by atoms with Gasteiger partial charge in [0.05, 0.1) is 12.5 Å². The number of ether oxygens (including phenoxy) is 1. The van der Waals surface area contributed by atoms with E-state index in [1.54, 1.807) is 7.11 Å². The van der Waals surface area contributed by atoms with E-state index in [-0.39, 0.29) is 17.7 Å². The van der Waals surface area contributed by atoms with E-state index in [1.165, 1.54) is 0 Å². The number of methoxy groups -OCH3 is 1. The predicted molar refractivity (Wildman–Crippen MR) is 106 cm³/mol. The maximum absolute atomic E-state index is 12.6. The Morgan fingerprint density at radius 3 is 2.75 bits per heavy atom. The lowest BCUT2D eigenvalue weighted by atomic mass is 9.93. The largest absolute Gasteiger partial charge is 0.383 e. The van der Waals surface area contributed by atoms with Crippen LogP contribution in [-0.2, 0) is 16.0 Å². The van der Waals surface area contributed by atoms with Crippen molar-refractivity contribution >= 4 is 11.8 Å². The summed E-state index contributed by atoms with van der Waals surface area (Å²) in [5.74, 6) is 0.213. The Morgan fingerprint density at radius 2 is 2.07 bits per heavy atom. The van der Waals surface area contributed by atoms with Crippen LogP contribution in [0.1, 0.15) is 48.8 Å². The van der Waals surface area contributed by atoms with E-state index >= 15 is 0 Å². The summed E-state index contributed by atoms with van der Waals surface area (Å²) < 4.78 is 5.00. The zero-order valence-corrected chi connectivity index (χ0v) is 17.1. The maximum atomic E-state index is 12.6. The number of rotatable bonds is 7. The molecule has 2 aliphatic rings. The summed E-state index contributed by atoms with van der Waals surface area (Å²) in [5.41, 5.74) is 1.50. The average molecular weight is 392 g/mol. The van der Waals surface area contributed by atoms with Crippen molar-refractivity contribution < 1.29 is 14.3 Å². The molecule has 8 nitrogen and oxygen atoms in total. The second-order valence-corrected chi connectivity index (χ2v) is 7.77. The van der Waals surface area contributed by atoms with Gasteiger partial charge in [-0.15, -0.1) is 0 Å². The highest BCUT2D eigenvalue weighted by molar-refractivity contribution is 5.92. The lowest BCUT2D eigenvalue weighted by Gasteiger charge is -2.41. The molecule has 2 amide bonds. The summed E-state index contributed by atoms with van der Waals surface area (Å²) in [6.45, 7) is 6.51. The van der Waals surface area contributed by atoms with Crippen LogP contribution < -0.4 is 5.32 Å². The molecule has 0 unspecified atom stereocenters. The lowest BCUT2D eigenvalue weighted by molar-refractivity contribution is -0.127. The molecule has 0 aromatic carbocycles. The number of carbonyl (C=O) groups excluding carboxylic acids is 2. The molecule has 156 valence electrons. The molecule has 2 saturated heterocycles. The van der Waals surface area contributed by atoms with Crippen LogP contribution in [0.3, 0.4) is 0 Å². The molecule has 1 atom stereocenters. The van der Waals surface area contributed by atoms with Crippen LogP contribution in [0.25, 0.3) is 0 Å². The highest BCUT2D eigenvalue weighted by Crippen LogP contribution is 2.24. The predicted octanol–water partition coefficient (Wildman–Crippen LogP) is 1.05. The molecule has 28 heavy (non-hydrogen) atoms. The van der Waals surface area contributed by atoms with Crippen molar-refractivity contribution in [2.24, 2.45) is 5.92 Å². The first-order valence-electron chi connectivity index (χ1n) is 10.5. The Hall–Kier alpha value is -1.93. The average Bonchev–Trinajstić information content (AvgIpc) is 3.23. The number of aromatic nitrogens is 2. The van der Waals surface area contributed by atoms with Gasteiger partial charge < -0.3 is 15.0 Å². The van der Waals surface area contributed by atoms with Crippen LogP contribution in [0.15, 0.2) is 6.07 Å². The number of amides is 2. The Labute approximate surface area is 167 Å². The normalized spacial score (nSPS) is 21.6. The number of nitrogens with zero attached hydrogens (tertiary/aromatic N) is 3. The van der Waals surface area contributed by atoms with Gasteiger partial charge >= 0.3 is 0 Å². The molecule has 0 saturated carbocycles. The van der Waals surface area contributed by atoms with Crippen molar-refractivity contribution in [1.82, 2.24) is 25.3 Å². The maximum Gasteiger partial charge on any atom is 0.274 e. The van der Waals surface area contributed by atoms with E-state index in [4.69, 9.17) is 4.74 Å². The molecular formula is C20H33N5O3. The van der Waals surface area contributed by atoms with Crippen LogP contribution in [0.2, 0.25) is 0 Å². The van der Waals surface area contributed by atoms with Crippen molar-refractivity contribution in [2.75, 3.05) is 46.4 Å². The van der Waals surface area contributed by atoms with Crippen LogP contribution in [-0.4, -0.2) is 84.3 Å². The number of nitrogens with one attached hydrogen (secondary N) is 2. The zero-order valence-electron chi connectivity index (χ0n) is 17.1. The SMILES string of the molecule is CCc1cc(C(=O)N2CCC(N3CCC[C@@H](C(=O)NCCOC)C3)CC2)n[nH]1. The third-order valence-electron chi connectivity index (χ3n) is 5.93. The second kappa shape index (κ2) is 10.0. The summed E-state index contributed by atoms with van der Waals surface area (Å²) in [7, 11) is 1.64. The quantitative estimate of drug-likeness (QED) is 0.678. The minimum Gasteiger partial charge on any atom is -0.383 e. The van der Waals surface area contributed by atoms with Gasteiger partial charge in [0.2, 0.25) is 5.91 Å². The fourth-order valence-electron chi connectivity index (χ4n) is 4.22. The van der Waals surface area contributed by atoms with Gasteiger partial charge in [-0.1, -0.05) is 6.92 Å².